The van der Waals surface area contributed by atoms with Crippen molar-refractivity contribution < 1.29 is 47.9 Å². The summed E-state index contributed by atoms with van der Waals surface area (Å²) in [6.07, 6.45) is 2.96. The molecule has 10 amide bonds. The molecule has 1 heterocycles. The minimum atomic E-state index is -1.16. The molecule has 0 unspecified atom stereocenters. The lowest BCUT2D eigenvalue weighted by Crippen LogP contribution is -2.58. The molecule has 4 aromatic carbocycles. The summed E-state index contributed by atoms with van der Waals surface area (Å²) >= 11 is 0. The molecule has 0 saturated carbocycles. The van der Waals surface area contributed by atoms with Gasteiger partial charge >= 0.3 is 0 Å². The Bertz CT molecular complexity index is 2850. The highest BCUT2D eigenvalue weighted by Crippen LogP contribution is 2.14. The third-order valence-electron chi connectivity index (χ3n) is 14.7. The van der Waals surface area contributed by atoms with Gasteiger partial charge in [0.05, 0.1) is 25.2 Å². The highest BCUT2D eigenvalue weighted by molar-refractivity contribution is 5.97. The molecule has 22 nitrogen and oxygen atoms in total. The van der Waals surface area contributed by atoms with E-state index >= 15 is 0 Å². The molecule has 1 aliphatic heterocycles. The molecule has 1 fully saturated rings. The van der Waals surface area contributed by atoms with Crippen molar-refractivity contribution in [2.24, 2.45) is 23.3 Å². The van der Waals surface area contributed by atoms with Crippen LogP contribution in [0, 0.1) is 11.8 Å². The van der Waals surface area contributed by atoms with E-state index in [1.165, 1.54) is 0 Å². The van der Waals surface area contributed by atoms with Gasteiger partial charge in [0.2, 0.25) is 59.1 Å². The molecular formula is C65H90N12O10. The molecule has 0 bridgehead atoms. The monoisotopic (exact) mass is 1200 g/mol. The van der Waals surface area contributed by atoms with Gasteiger partial charge in [-0.05, 0) is 111 Å². The van der Waals surface area contributed by atoms with E-state index in [-0.39, 0.29) is 76.3 Å². The molecule has 87 heavy (non-hydrogen) atoms. The molecule has 0 radical (unpaired) electrons. The summed E-state index contributed by atoms with van der Waals surface area (Å²) < 4.78 is 0. The van der Waals surface area contributed by atoms with Gasteiger partial charge in [0, 0.05) is 19.5 Å². The summed E-state index contributed by atoms with van der Waals surface area (Å²) in [5.74, 6) is -6.23. The van der Waals surface area contributed by atoms with Crippen molar-refractivity contribution in [3.63, 3.8) is 0 Å². The summed E-state index contributed by atoms with van der Waals surface area (Å²) in [6, 6.07) is 28.3. The smallest absolute Gasteiger partial charge is 0.243 e. The normalized spacial score (nSPS) is 17.8. The van der Waals surface area contributed by atoms with Gasteiger partial charge in [0.25, 0.3) is 0 Å². The Labute approximate surface area is 510 Å². The Hall–Kier alpha value is -8.50. The van der Waals surface area contributed by atoms with Crippen molar-refractivity contribution in [1.29, 1.82) is 0 Å². The molecule has 5 rings (SSSR count). The van der Waals surface area contributed by atoms with Crippen LogP contribution in [0.5, 0.6) is 0 Å². The zero-order valence-corrected chi connectivity index (χ0v) is 50.6. The van der Waals surface area contributed by atoms with Gasteiger partial charge in [-0.15, -0.1) is 0 Å². The van der Waals surface area contributed by atoms with Gasteiger partial charge in [0.1, 0.15) is 36.3 Å². The predicted molar refractivity (Wildman–Crippen MR) is 331 cm³/mol. The van der Waals surface area contributed by atoms with Crippen LogP contribution < -0.4 is 64.6 Å². The number of carbonyl (C=O) groups excluding carboxylic acids is 10. The summed E-state index contributed by atoms with van der Waals surface area (Å²) in [4.78, 5) is 138. The van der Waals surface area contributed by atoms with Gasteiger partial charge in [0.15, 0.2) is 0 Å². The fourth-order valence-electron chi connectivity index (χ4n) is 9.90. The van der Waals surface area contributed by atoms with Crippen molar-refractivity contribution in [1.82, 2.24) is 53.2 Å². The molecular weight excluding hydrogens is 1110 g/mol. The summed E-state index contributed by atoms with van der Waals surface area (Å²) in [5.41, 5.74) is 16.0. The minimum Gasteiger partial charge on any atom is -0.355 e. The zero-order chi connectivity index (χ0) is 63.1. The Morgan fingerprint density at radius 2 is 0.770 bits per heavy atom. The number of nitrogens with one attached hydrogen (secondary N) is 10. The molecule has 0 aromatic heterocycles. The van der Waals surface area contributed by atoms with E-state index in [1.807, 2.05) is 149 Å². The fraction of sp³-hybridized carbons (Fsp3) is 0.477. The van der Waals surface area contributed by atoms with Crippen LogP contribution in [0.2, 0.25) is 0 Å². The maximum absolute atomic E-state index is 14.2. The first-order valence-electron chi connectivity index (χ1n) is 30.3. The number of benzene rings is 4. The van der Waals surface area contributed by atoms with Crippen LogP contribution in [0.1, 0.15) is 108 Å². The second-order valence-corrected chi connectivity index (χ2v) is 23.1. The molecule has 0 aliphatic carbocycles. The van der Waals surface area contributed by atoms with Gasteiger partial charge in [-0.1, -0.05) is 149 Å². The minimum absolute atomic E-state index is 0.0751. The van der Waals surface area contributed by atoms with Crippen LogP contribution in [-0.4, -0.2) is 134 Å². The summed E-state index contributed by atoms with van der Waals surface area (Å²) in [6.45, 7) is 6.85. The van der Waals surface area contributed by atoms with Crippen molar-refractivity contribution in [3.8, 4) is 0 Å². The number of hydrogen-bond acceptors (Lipinski definition) is 12. The lowest BCUT2D eigenvalue weighted by Gasteiger charge is -2.27. The van der Waals surface area contributed by atoms with Crippen LogP contribution in [0.3, 0.4) is 0 Å². The molecule has 22 heteroatoms. The second-order valence-electron chi connectivity index (χ2n) is 23.1. The maximum Gasteiger partial charge on any atom is 0.243 e. The number of nitrogens with two attached hydrogens (primary N) is 2. The topological polar surface area (TPSA) is 343 Å². The lowest BCUT2D eigenvalue weighted by atomic mass is 9.99. The number of amides is 10. The third-order valence-corrected chi connectivity index (χ3v) is 14.7. The zero-order valence-electron chi connectivity index (χ0n) is 50.6. The van der Waals surface area contributed by atoms with E-state index < -0.39 is 120 Å². The number of carbonyl (C=O) groups is 10. The van der Waals surface area contributed by atoms with E-state index in [4.69, 9.17) is 11.5 Å². The Balaban J connectivity index is 1.21. The van der Waals surface area contributed by atoms with Gasteiger partial charge in [-0.2, -0.15) is 0 Å². The number of aryl methyl sites for hydroxylation is 1. The number of rotatable bonds is 25. The average molecular weight is 1200 g/mol. The molecule has 1 aliphatic rings. The third kappa shape index (κ3) is 25.9. The van der Waals surface area contributed by atoms with E-state index in [9.17, 15) is 47.9 Å². The predicted octanol–water partition coefficient (Wildman–Crippen LogP) is 1.82. The fourth-order valence-corrected chi connectivity index (χ4v) is 9.90. The van der Waals surface area contributed by atoms with E-state index in [0.29, 0.717) is 32.1 Å². The van der Waals surface area contributed by atoms with Crippen LogP contribution in [0.4, 0.5) is 0 Å². The van der Waals surface area contributed by atoms with Crippen LogP contribution in [0.25, 0.3) is 0 Å². The Kier molecular flexibility index (Phi) is 29.6. The first-order valence-corrected chi connectivity index (χ1v) is 30.3. The van der Waals surface area contributed by atoms with E-state index in [1.54, 1.807) is 0 Å². The van der Waals surface area contributed by atoms with Crippen molar-refractivity contribution >= 4 is 59.1 Å². The highest BCUT2D eigenvalue weighted by Gasteiger charge is 2.34. The van der Waals surface area contributed by atoms with Crippen molar-refractivity contribution in [2.45, 2.75) is 160 Å². The van der Waals surface area contributed by atoms with Crippen LogP contribution >= 0.6 is 0 Å². The molecule has 0 spiro atoms. The average Bonchev–Trinajstić information content (AvgIpc) is 3.64. The van der Waals surface area contributed by atoms with Crippen LogP contribution in [-0.2, 0) is 73.6 Å². The van der Waals surface area contributed by atoms with Gasteiger partial charge in [-0.25, -0.2) is 0 Å². The number of hydrogen-bond donors (Lipinski definition) is 12. The Morgan fingerprint density at radius 1 is 0.425 bits per heavy atom. The first kappa shape index (κ1) is 69.3. The van der Waals surface area contributed by atoms with Crippen LogP contribution in [0.15, 0.2) is 121 Å². The quantitative estimate of drug-likeness (QED) is 0.0452. The summed E-state index contributed by atoms with van der Waals surface area (Å²) in [7, 11) is 0. The highest BCUT2D eigenvalue weighted by atomic mass is 16.2. The molecule has 14 N–H and O–H groups in total. The van der Waals surface area contributed by atoms with E-state index in [2.05, 4.69) is 53.2 Å². The molecule has 8 atom stereocenters. The molecule has 470 valence electrons. The van der Waals surface area contributed by atoms with Crippen molar-refractivity contribution in [2.75, 3.05) is 26.2 Å². The summed E-state index contributed by atoms with van der Waals surface area (Å²) in [5, 5.41) is 27.6. The van der Waals surface area contributed by atoms with Gasteiger partial charge < -0.3 is 64.6 Å². The van der Waals surface area contributed by atoms with E-state index in [0.717, 1.165) is 22.3 Å². The maximum atomic E-state index is 14.2. The lowest BCUT2D eigenvalue weighted by molar-refractivity contribution is -0.134. The van der Waals surface area contributed by atoms with Crippen molar-refractivity contribution in [3.05, 3.63) is 144 Å². The molecule has 1 saturated heterocycles. The standard InChI is InChI=1S/C65H90N12O10/c1-42(2)35-53(76-62(84)52(32-31-44-21-9-5-10-22-44)72-58(80)48(66)37-45-23-11-6-12-24-45)63(85)73-50-29-17-19-33-68-57(79)41-71-61(83)51(30-18-20-34-69-56(78)40-70-60(50)82)74-64(86)54(36-43(3)4)77-65(87)55(39-47-27-15-8-16-28-47)75-59(81)49(67)38-46-25-13-7-14-26-46/h5-16,21-28,42-43,48-55H,17-20,29-41,66-67H2,1-4H3,(H,68,79)(H,69,78)(H,70,82)(H,71,83)(H,72,80)(H,73,85)(H,74,86)(H,75,81)(H,76,84)(H,77,87)/t48-,49-,50-,51-,52-,53-,54-,55-/m1/s1. The van der Waals surface area contributed by atoms with Gasteiger partial charge in [-0.3, -0.25) is 47.9 Å². The molecule has 4 aromatic rings. The second kappa shape index (κ2) is 37.1. The first-order chi connectivity index (χ1) is 41.7. The SMILES string of the molecule is CC(C)C[C@@H](NC(=O)[C@@H](CCc1ccccc1)NC(=O)[C@H](N)Cc1ccccc1)C(=O)N[C@@H]1CCCCNC(=O)CNC(=O)[C@H](NC(=O)[C@@H](CC(C)C)NC(=O)[C@@H](Cc2ccccc2)NC(=O)[C@H](N)Cc2ccccc2)CCCCNC(=O)CNC1=O. The largest absolute Gasteiger partial charge is 0.355 e. The Morgan fingerprint density at radius 3 is 1.16 bits per heavy atom.